The Kier molecular flexibility index (Phi) is 4.32. The van der Waals surface area contributed by atoms with Gasteiger partial charge in [0, 0.05) is 6.54 Å². The third-order valence-electron chi connectivity index (χ3n) is 3.80. The van der Waals surface area contributed by atoms with E-state index in [4.69, 9.17) is 0 Å². The lowest BCUT2D eigenvalue weighted by molar-refractivity contribution is -0.145. The summed E-state index contributed by atoms with van der Waals surface area (Å²) in [6, 6.07) is 6.68. The largest absolute Gasteiger partial charge is 0.480 e. The van der Waals surface area contributed by atoms with Gasteiger partial charge in [-0.15, -0.1) is 0 Å². The van der Waals surface area contributed by atoms with Crippen LogP contribution < -0.4 is 10.6 Å². The fraction of sp³-hybridized carbons (Fsp3) is 0.500. The average Bonchev–Trinajstić information content (AvgIpc) is 2.42. The minimum Gasteiger partial charge on any atom is -0.480 e. The Morgan fingerprint density at radius 1 is 1.29 bits per heavy atom. The van der Waals surface area contributed by atoms with Crippen molar-refractivity contribution in [1.29, 1.82) is 0 Å². The van der Waals surface area contributed by atoms with Crippen molar-refractivity contribution in [3.63, 3.8) is 0 Å². The Balaban J connectivity index is 2.06. The maximum absolute atomic E-state index is 12.3. The van der Waals surface area contributed by atoms with Crippen LogP contribution in [0.3, 0.4) is 0 Å². The minimum atomic E-state index is -1.01. The van der Waals surface area contributed by atoms with Gasteiger partial charge < -0.3 is 15.7 Å². The van der Waals surface area contributed by atoms with Gasteiger partial charge in [-0.1, -0.05) is 45.0 Å². The van der Waals surface area contributed by atoms with Gasteiger partial charge >= 0.3 is 5.97 Å². The van der Waals surface area contributed by atoms with Crippen molar-refractivity contribution in [2.75, 3.05) is 0 Å². The van der Waals surface area contributed by atoms with Crippen LogP contribution in [0.5, 0.6) is 0 Å². The second kappa shape index (κ2) is 5.85. The van der Waals surface area contributed by atoms with Gasteiger partial charge in [-0.05, 0) is 23.0 Å². The molecule has 0 radical (unpaired) electrons. The molecule has 5 nitrogen and oxygen atoms in total. The molecule has 1 aliphatic heterocycles. The summed E-state index contributed by atoms with van der Waals surface area (Å²) in [4.78, 5) is 23.7. The molecule has 1 aromatic rings. The molecular formula is C16H22N2O3. The SMILES string of the molecule is CC(C)(C)[C@H](NC(=O)[C@H]1Cc2ccccc2CN1)C(=O)O. The first kappa shape index (κ1) is 15.5. The van der Waals surface area contributed by atoms with E-state index in [-0.39, 0.29) is 11.9 Å². The van der Waals surface area contributed by atoms with Crippen molar-refractivity contribution in [3.8, 4) is 0 Å². The Morgan fingerprint density at radius 3 is 2.48 bits per heavy atom. The van der Waals surface area contributed by atoms with Crippen molar-refractivity contribution in [2.45, 2.75) is 45.8 Å². The summed E-state index contributed by atoms with van der Waals surface area (Å²) in [7, 11) is 0. The molecule has 0 aliphatic carbocycles. The Hall–Kier alpha value is -1.88. The van der Waals surface area contributed by atoms with Gasteiger partial charge in [0.25, 0.3) is 0 Å². The number of benzene rings is 1. The molecule has 0 spiro atoms. The van der Waals surface area contributed by atoms with E-state index >= 15 is 0 Å². The van der Waals surface area contributed by atoms with Gasteiger partial charge in [-0.3, -0.25) is 4.79 Å². The van der Waals surface area contributed by atoms with E-state index in [1.54, 1.807) is 20.8 Å². The number of nitrogens with one attached hydrogen (secondary N) is 2. The molecule has 1 heterocycles. The molecular weight excluding hydrogens is 268 g/mol. The Labute approximate surface area is 124 Å². The number of carboxylic acids is 1. The van der Waals surface area contributed by atoms with Crippen LogP contribution in [0, 0.1) is 5.41 Å². The topological polar surface area (TPSA) is 78.4 Å². The normalized spacial score (nSPS) is 19.5. The Morgan fingerprint density at radius 2 is 1.90 bits per heavy atom. The third kappa shape index (κ3) is 3.61. The summed E-state index contributed by atoms with van der Waals surface area (Å²) >= 11 is 0. The summed E-state index contributed by atoms with van der Waals surface area (Å²) in [6.07, 6.45) is 0.582. The number of fused-ring (bicyclic) bond motifs is 1. The van der Waals surface area contributed by atoms with Crippen LogP contribution in [-0.4, -0.2) is 29.1 Å². The highest BCUT2D eigenvalue weighted by Crippen LogP contribution is 2.21. The highest BCUT2D eigenvalue weighted by molar-refractivity contribution is 5.87. The number of rotatable bonds is 3. The maximum atomic E-state index is 12.3. The molecule has 2 atom stereocenters. The molecule has 1 aromatic carbocycles. The van der Waals surface area contributed by atoms with E-state index in [0.29, 0.717) is 13.0 Å². The van der Waals surface area contributed by atoms with Crippen LogP contribution in [0.1, 0.15) is 31.9 Å². The van der Waals surface area contributed by atoms with Crippen LogP contribution in [0.2, 0.25) is 0 Å². The molecule has 3 N–H and O–H groups in total. The fourth-order valence-corrected chi connectivity index (χ4v) is 2.53. The minimum absolute atomic E-state index is 0.258. The van der Waals surface area contributed by atoms with Gasteiger partial charge in [0.1, 0.15) is 6.04 Å². The second-order valence-corrected chi connectivity index (χ2v) is 6.55. The van der Waals surface area contributed by atoms with Crippen LogP contribution in [0.15, 0.2) is 24.3 Å². The van der Waals surface area contributed by atoms with Crippen molar-refractivity contribution < 1.29 is 14.7 Å². The van der Waals surface area contributed by atoms with Crippen molar-refractivity contribution in [1.82, 2.24) is 10.6 Å². The van der Waals surface area contributed by atoms with Gasteiger partial charge in [-0.2, -0.15) is 0 Å². The smallest absolute Gasteiger partial charge is 0.326 e. The number of carbonyl (C=O) groups excluding carboxylic acids is 1. The lowest BCUT2D eigenvalue weighted by Crippen LogP contribution is -2.55. The predicted octanol–water partition coefficient (Wildman–Crippen LogP) is 1.32. The zero-order valence-corrected chi connectivity index (χ0v) is 12.6. The van der Waals surface area contributed by atoms with Crippen LogP contribution in [-0.2, 0) is 22.6 Å². The van der Waals surface area contributed by atoms with E-state index in [9.17, 15) is 14.7 Å². The summed E-state index contributed by atoms with van der Waals surface area (Å²) in [5.74, 6) is -1.26. The fourth-order valence-electron chi connectivity index (χ4n) is 2.53. The van der Waals surface area contributed by atoms with Crippen molar-refractivity contribution in [3.05, 3.63) is 35.4 Å². The number of amides is 1. The summed E-state index contributed by atoms with van der Waals surface area (Å²) in [5.41, 5.74) is 1.79. The molecule has 1 amide bonds. The Bertz CT molecular complexity index is 549. The summed E-state index contributed by atoms with van der Waals surface area (Å²) in [6.45, 7) is 6.03. The highest BCUT2D eigenvalue weighted by atomic mass is 16.4. The number of carboxylic acid groups (broad SMARTS) is 1. The molecule has 114 valence electrons. The zero-order valence-electron chi connectivity index (χ0n) is 12.6. The van der Waals surface area contributed by atoms with Gasteiger partial charge in [0.05, 0.1) is 6.04 Å². The second-order valence-electron chi connectivity index (χ2n) is 6.55. The molecule has 5 heteroatoms. The molecule has 0 fully saturated rings. The van der Waals surface area contributed by atoms with Crippen LogP contribution in [0.25, 0.3) is 0 Å². The van der Waals surface area contributed by atoms with Crippen molar-refractivity contribution in [2.24, 2.45) is 5.41 Å². The van der Waals surface area contributed by atoms with E-state index in [1.807, 2.05) is 24.3 Å². The molecule has 0 saturated carbocycles. The predicted molar refractivity (Wildman–Crippen MR) is 79.8 cm³/mol. The first-order chi connectivity index (χ1) is 9.79. The monoisotopic (exact) mass is 290 g/mol. The molecule has 0 bridgehead atoms. The molecule has 0 unspecified atom stereocenters. The van der Waals surface area contributed by atoms with Gasteiger partial charge in [0.15, 0.2) is 0 Å². The lowest BCUT2D eigenvalue weighted by Gasteiger charge is -2.31. The summed E-state index contributed by atoms with van der Waals surface area (Å²) < 4.78 is 0. The molecule has 0 saturated heterocycles. The number of hydrogen-bond donors (Lipinski definition) is 3. The lowest BCUT2D eigenvalue weighted by atomic mass is 9.86. The number of aliphatic carboxylic acids is 1. The molecule has 1 aliphatic rings. The standard InChI is InChI=1S/C16H22N2O3/c1-16(2,3)13(15(20)21)18-14(19)12-8-10-6-4-5-7-11(10)9-17-12/h4-7,12-13,17H,8-9H2,1-3H3,(H,18,19)(H,20,21)/t12-,13-/m1/s1. The van der Waals surface area contributed by atoms with Gasteiger partial charge in [-0.25, -0.2) is 4.79 Å². The van der Waals surface area contributed by atoms with E-state index in [2.05, 4.69) is 10.6 Å². The quantitative estimate of drug-likeness (QED) is 0.784. The van der Waals surface area contributed by atoms with Crippen molar-refractivity contribution >= 4 is 11.9 Å². The van der Waals surface area contributed by atoms with Crippen LogP contribution in [0.4, 0.5) is 0 Å². The highest BCUT2D eigenvalue weighted by Gasteiger charge is 2.35. The van der Waals surface area contributed by atoms with Crippen LogP contribution >= 0.6 is 0 Å². The molecule has 2 rings (SSSR count). The van der Waals surface area contributed by atoms with Gasteiger partial charge in [0.2, 0.25) is 5.91 Å². The first-order valence-electron chi connectivity index (χ1n) is 7.12. The zero-order chi connectivity index (χ0) is 15.6. The third-order valence-corrected chi connectivity index (χ3v) is 3.80. The maximum Gasteiger partial charge on any atom is 0.326 e. The number of hydrogen-bond acceptors (Lipinski definition) is 3. The molecule has 21 heavy (non-hydrogen) atoms. The molecule has 0 aromatic heterocycles. The summed E-state index contributed by atoms with van der Waals surface area (Å²) in [5, 5.41) is 15.1. The van der Waals surface area contributed by atoms with E-state index in [0.717, 1.165) is 5.56 Å². The van der Waals surface area contributed by atoms with E-state index in [1.165, 1.54) is 5.56 Å². The number of carbonyl (C=O) groups is 2. The van der Waals surface area contributed by atoms with E-state index < -0.39 is 17.4 Å². The average molecular weight is 290 g/mol. The first-order valence-corrected chi connectivity index (χ1v) is 7.12.